The van der Waals surface area contributed by atoms with Gasteiger partial charge in [-0.25, -0.2) is 0 Å². The van der Waals surface area contributed by atoms with Crippen LogP contribution in [0.5, 0.6) is 0 Å². The number of amides is 2. The van der Waals surface area contributed by atoms with Crippen molar-refractivity contribution in [1.82, 2.24) is 5.01 Å². The van der Waals surface area contributed by atoms with Gasteiger partial charge >= 0.3 is 0 Å². The van der Waals surface area contributed by atoms with Crippen LogP contribution in [-0.4, -0.2) is 23.4 Å². The van der Waals surface area contributed by atoms with E-state index in [9.17, 15) is 14.8 Å². The van der Waals surface area contributed by atoms with Gasteiger partial charge in [0.25, 0.3) is 5.91 Å². The quantitative estimate of drug-likeness (QED) is 0.680. The monoisotopic (exact) mass is 249 g/mol. The van der Waals surface area contributed by atoms with Gasteiger partial charge in [-0.05, 0) is 0 Å². The van der Waals surface area contributed by atoms with E-state index in [1.165, 1.54) is 0 Å². The smallest absolute Gasteiger partial charge is 0.274 e. The summed E-state index contributed by atoms with van der Waals surface area (Å²) < 4.78 is 0. The van der Waals surface area contributed by atoms with Crippen molar-refractivity contribution in [3.8, 4) is 0 Å². The Morgan fingerprint density at radius 3 is 2.72 bits per heavy atom. The summed E-state index contributed by atoms with van der Waals surface area (Å²) in [6.07, 6.45) is 0.181. The van der Waals surface area contributed by atoms with Crippen molar-refractivity contribution in [1.29, 1.82) is 0 Å². The molecular formula is C12H15N3O3. The molecule has 1 aliphatic heterocycles. The van der Waals surface area contributed by atoms with E-state index in [1.54, 1.807) is 0 Å². The lowest BCUT2D eigenvalue weighted by atomic mass is 10.1. The lowest BCUT2D eigenvalue weighted by Gasteiger charge is -2.30. The fourth-order valence-electron chi connectivity index (χ4n) is 2.09. The Kier molecular flexibility index (Phi) is 3.59. The molecule has 2 atom stereocenters. The minimum absolute atomic E-state index is 0.0129. The molecule has 0 bridgehead atoms. The van der Waals surface area contributed by atoms with Gasteiger partial charge in [0.15, 0.2) is 0 Å². The van der Waals surface area contributed by atoms with Gasteiger partial charge in [-0.1, -0.05) is 30.3 Å². The zero-order chi connectivity index (χ0) is 13.1. The first kappa shape index (κ1) is 12.5. The van der Waals surface area contributed by atoms with E-state index in [-0.39, 0.29) is 30.5 Å². The summed E-state index contributed by atoms with van der Waals surface area (Å²) in [4.78, 5) is 22.4. The molecule has 3 N–H and O–H groups in total. The molecule has 2 unspecified atom stereocenters. The highest BCUT2D eigenvalue weighted by Gasteiger charge is 2.38. The van der Waals surface area contributed by atoms with Crippen LogP contribution in [0.4, 0.5) is 0 Å². The molecule has 1 fully saturated rings. The summed E-state index contributed by atoms with van der Waals surface area (Å²) in [6.45, 7) is 0.0797. The molecule has 0 aromatic heterocycles. The minimum Gasteiger partial charge on any atom is -0.607 e. The molecule has 0 saturated carbocycles. The second kappa shape index (κ2) is 5.16. The van der Waals surface area contributed by atoms with Crippen LogP contribution < -0.4 is 10.9 Å². The SMILES string of the molecule is NC(=O)CCN1C(=O)CC(c2ccccc2)[NH+]1[O-]. The predicted octanol–water partition coefficient (Wildman–Crippen LogP) is -0.867. The molecule has 1 saturated heterocycles. The zero-order valence-corrected chi connectivity index (χ0v) is 9.83. The van der Waals surface area contributed by atoms with Crippen molar-refractivity contribution < 1.29 is 14.8 Å². The molecule has 6 heteroatoms. The molecule has 2 rings (SSSR count). The average molecular weight is 249 g/mol. The number of hydroxylamine groups is 1. The van der Waals surface area contributed by atoms with Gasteiger partial charge in [0.2, 0.25) is 5.91 Å². The van der Waals surface area contributed by atoms with Crippen LogP contribution >= 0.6 is 0 Å². The van der Waals surface area contributed by atoms with E-state index in [0.717, 1.165) is 10.6 Å². The standard InChI is InChI=1S/C12H15N3O3/c13-11(16)6-7-14-12(17)8-10(15(14)18)9-4-2-1-3-5-9/h1-5,10,15H,6-8H2,(H2,13,16). The summed E-state index contributed by atoms with van der Waals surface area (Å²) in [5, 5.41) is 13.0. The summed E-state index contributed by atoms with van der Waals surface area (Å²) in [6, 6.07) is 8.75. The number of carbonyl (C=O) groups is 2. The van der Waals surface area contributed by atoms with Crippen LogP contribution in [0.1, 0.15) is 24.4 Å². The molecule has 2 amide bonds. The highest BCUT2D eigenvalue weighted by Crippen LogP contribution is 2.18. The van der Waals surface area contributed by atoms with E-state index >= 15 is 0 Å². The van der Waals surface area contributed by atoms with E-state index in [2.05, 4.69) is 0 Å². The lowest BCUT2D eigenvalue weighted by molar-refractivity contribution is -0.975. The zero-order valence-electron chi connectivity index (χ0n) is 9.83. The molecular weight excluding hydrogens is 234 g/mol. The molecule has 1 heterocycles. The van der Waals surface area contributed by atoms with Crippen molar-refractivity contribution in [2.45, 2.75) is 18.9 Å². The van der Waals surface area contributed by atoms with Crippen LogP contribution in [0, 0.1) is 5.21 Å². The summed E-state index contributed by atoms with van der Waals surface area (Å²) in [7, 11) is 0. The fourth-order valence-corrected chi connectivity index (χ4v) is 2.09. The maximum Gasteiger partial charge on any atom is 0.274 e. The van der Waals surface area contributed by atoms with Crippen LogP contribution in [0.25, 0.3) is 0 Å². The number of quaternary nitrogens is 1. The average Bonchev–Trinajstić information content (AvgIpc) is 2.63. The van der Waals surface area contributed by atoms with Crippen LogP contribution in [0.2, 0.25) is 0 Å². The van der Waals surface area contributed by atoms with Gasteiger partial charge in [-0.3, -0.25) is 14.8 Å². The molecule has 0 spiro atoms. The highest BCUT2D eigenvalue weighted by atomic mass is 16.6. The van der Waals surface area contributed by atoms with Crippen LogP contribution in [0.3, 0.4) is 0 Å². The van der Waals surface area contributed by atoms with Crippen molar-refractivity contribution in [3.63, 3.8) is 0 Å². The largest absolute Gasteiger partial charge is 0.607 e. The first-order valence-electron chi connectivity index (χ1n) is 5.77. The number of primary amides is 1. The third-order valence-electron chi connectivity index (χ3n) is 3.03. The maximum atomic E-state index is 12.1. The number of hydrogen-bond acceptors (Lipinski definition) is 3. The molecule has 0 aliphatic carbocycles. The number of rotatable bonds is 4. The van der Waals surface area contributed by atoms with Crippen molar-refractivity contribution in [3.05, 3.63) is 41.1 Å². The van der Waals surface area contributed by atoms with Crippen LogP contribution in [0.15, 0.2) is 30.3 Å². The van der Waals surface area contributed by atoms with Crippen molar-refractivity contribution >= 4 is 11.8 Å². The van der Waals surface area contributed by atoms with E-state index < -0.39 is 11.9 Å². The Morgan fingerprint density at radius 1 is 1.44 bits per heavy atom. The van der Waals surface area contributed by atoms with Gasteiger partial charge < -0.3 is 10.9 Å². The molecule has 1 aliphatic rings. The summed E-state index contributed by atoms with van der Waals surface area (Å²) in [5.41, 5.74) is 5.85. The maximum absolute atomic E-state index is 12.1. The number of carbonyl (C=O) groups excluding carboxylic acids is 2. The number of hydrogen-bond donors (Lipinski definition) is 2. The van der Waals surface area contributed by atoms with E-state index in [1.807, 2.05) is 30.3 Å². The Morgan fingerprint density at radius 2 is 2.11 bits per heavy atom. The predicted molar refractivity (Wildman–Crippen MR) is 63.7 cm³/mol. The molecule has 6 nitrogen and oxygen atoms in total. The Hall–Kier alpha value is -1.92. The number of nitrogens with two attached hydrogens (primary N) is 1. The summed E-state index contributed by atoms with van der Waals surface area (Å²) >= 11 is 0. The number of nitrogens with zero attached hydrogens (tertiary/aromatic N) is 1. The topological polar surface area (TPSA) is 90.9 Å². The normalized spacial score (nSPS) is 23.4. The van der Waals surface area contributed by atoms with Gasteiger partial charge in [0, 0.05) is 12.0 Å². The minimum atomic E-state index is -0.515. The summed E-state index contributed by atoms with van der Waals surface area (Å²) in [5.74, 6) is -0.756. The Balaban J connectivity index is 2.09. The molecule has 1 aromatic carbocycles. The molecule has 1 aromatic rings. The van der Waals surface area contributed by atoms with Gasteiger partial charge in [0.05, 0.1) is 13.0 Å². The Bertz CT molecular complexity index is 449. The van der Waals surface area contributed by atoms with Crippen molar-refractivity contribution in [2.24, 2.45) is 5.73 Å². The van der Waals surface area contributed by atoms with Gasteiger partial charge in [0.1, 0.15) is 6.04 Å². The van der Waals surface area contributed by atoms with Gasteiger partial charge in [-0.15, -0.1) is 0 Å². The van der Waals surface area contributed by atoms with E-state index in [4.69, 9.17) is 5.73 Å². The third kappa shape index (κ3) is 2.49. The van der Waals surface area contributed by atoms with E-state index in [0.29, 0.717) is 0 Å². The molecule has 18 heavy (non-hydrogen) atoms. The first-order valence-corrected chi connectivity index (χ1v) is 5.77. The highest BCUT2D eigenvalue weighted by molar-refractivity contribution is 5.78. The lowest BCUT2D eigenvalue weighted by Crippen LogP contribution is -3.12. The second-order valence-corrected chi connectivity index (χ2v) is 4.27. The Labute approximate surface area is 105 Å². The van der Waals surface area contributed by atoms with Crippen molar-refractivity contribution in [2.75, 3.05) is 6.54 Å². The number of benzene rings is 1. The first-order chi connectivity index (χ1) is 8.59. The van der Waals surface area contributed by atoms with Gasteiger partial charge in [-0.2, -0.15) is 5.01 Å². The number of nitrogens with one attached hydrogen (secondary N) is 1. The second-order valence-electron chi connectivity index (χ2n) is 4.27. The molecule has 96 valence electrons. The fraction of sp³-hybridized carbons (Fsp3) is 0.333. The molecule has 0 radical (unpaired) electrons. The van der Waals surface area contributed by atoms with Crippen LogP contribution in [-0.2, 0) is 9.59 Å². The third-order valence-corrected chi connectivity index (χ3v) is 3.03.